The quantitative estimate of drug-likeness (QED) is 0.845. The molecule has 2 N–H and O–H groups in total. The van der Waals surface area contributed by atoms with Crippen LogP contribution in [0, 0.1) is 5.92 Å². The van der Waals surface area contributed by atoms with E-state index in [-0.39, 0.29) is 5.97 Å². The van der Waals surface area contributed by atoms with Gasteiger partial charge in [-0.2, -0.15) is 0 Å². The number of methoxy groups -OCH3 is 1. The Hall–Kier alpha value is -1.39. The number of benzene rings is 1. The standard InChI is InChI=1S/C16H22N2O2/c1-20-15(19)16(17,13-5-3-2-4-6-13)11-18-10-12-7-8-14(18)9-12/h2-6,12,14H,7-11,17H2,1H3. The average Bonchev–Trinajstić information content (AvgIpc) is 3.09. The summed E-state index contributed by atoms with van der Waals surface area (Å²) in [6.45, 7) is 1.61. The molecule has 0 radical (unpaired) electrons. The number of ether oxygens (including phenoxy) is 1. The van der Waals surface area contributed by atoms with Gasteiger partial charge in [0.15, 0.2) is 5.54 Å². The van der Waals surface area contributed by atoms with Crippen LogP contribution >= 0.6 is 0 Å². The van der Waals surface area contributed by atoms with Crippen molar-refractivity contribution in [1.29, 1.82) is 0 Å². The van der Waals surface area contributed by atoms with Crippen molar-refractivity contribution in [3.63, 3.8) is 0 Å². The number of carbonyl (C=O) groups is 1. The van der Waals surface area contributed by atoms with E-state index in [0.29, 0.717) is 12.6 Å². The summed E-state index contributed by atoms with van der Waals surface area (Å²) in [5.41, 5.74) is 6.23. The average molecular weight is 274 g/mol. The minimum atomic E-state index is -1.07. The maximum atomic E-state index is 12.3. The highest BCUT2D eigenvalue weighted by Gasteiger charge is 2.45. The summed E-state index contributed by atoms with van der Waals surface area (Å²) < 4.78 is 4.97. The summed E-state index contributed by atoms with van der Waals surface area (Å²) in [6, 6.07) is 10.2. The summed E-state index contributed by atoms with van der Waals surface area (Å²) in [5, 5.41) is 0. The Kier molecular flexibility index (Phi) is 3.52. The Balaban J connectivity index is 1.85. The molecule has 20 heavy (non-hydrogen) atoms. The molecule has 1 heterocycles. The van der Waals surface area contributed by atoms with Crippen LogP contribution in [0.2, 0.25) is 0 Å². The van der Waals surface area contributed by atoms with Gasteiger partial charge >= 0.3 is 5.97 Å². The second kappa shape index (κ2) is 5.19. The van der Waals surface area contributed by atoms with Gasteiger partial charge in [-0.05, 0) is 30.7 Å². The fraction of sp³-hybridized carbons (Fsp3) is 0.562. The molecule has 0 aromatic heterocycles. The van der Waals surface area contributed by atoms with Gasteiger partial charge in [-0.25, -0.2) is 4.79 Å². The minimum absolute atomic E-state index is 0.355. The fourth-order valence-electron chi connectivity index (χ4n) is 3.73. The van der Waals surface area contributed by atoms with Crippen molar-refractivity contribution in [3.05, 3.63) is 35.9 Å². The van der Waals surface area contributed by atoms with Crippen molar-refractivity contribution in [2.24, 2.45) is 11.7 Å². The van der Waals surface area contributed by atoms with E-state index in [1.165, 1.54) is 26.4 Å². The first-order valence-electron chi connectivity index (χ1n) is 7.30. The summed E-state index contributed by atoms with van der Waals surface area (Å²) in [6.07, 6.45) is 3.81. The summed E-state index contributed by atoms with van der Waals surface area (Å²) in [7, 11) is 1.41. The highest BCUT2D eigenvalue weighted by molar-refractivity contribution is 5.82. The van der Waals surface area contributed by atoms with Crippen molar-refractivity contribution in [2.75, 3.05) is 20.2 Å². The molecule has 1 saturated heterocycles. The van der Waals surface area contributed by atoms with E-state index in [2.05, 4.69) is 4.90 Å². The molecule has 0 amide bonds. The molecule has 4 heteroatoms. The van der Waals surface area contributed by atoms with Crippen LogP contribution in [-0.4, -0.2) is 37.1 Å². The number of carbonyl (C=O) groups excluding carboxylic acids is 1. The van der Waals surface area contributed by atoms with Crippen LogP contribution in [0.4, 0.5) is 0 Å². The Morgan fingerprint density at radius 1 is 1.40 bits per heavy atom. The van der Waals surface area contributed by atoms with E-state index < -0.39 is 5.54 Å². The van der Waals surface area contributed by atoms with Crippen molar-refractivity contribution >= 4 is 5.97 Å². The third kappa shape index (κ3) is 2.23. The fourth-order valence-corrected chi connectivity index (χ4v) is 3.73. The predicted octanol–water partition coefficient (Wildman–Crippen LogP) is 1.50. The van der Waals surface area contributed by atoms with Crippen LogP contribution in [0.5, 0.6) is 0 Å². The van der Waals surface area contributed by atoms with E-state index in [0.717, 1.165) is 18.0 Å². The Labute approximate surface area is 119 Å². The lowest BCUT2D eigenvalue weighted by molar-refractivity contribution is -0.148. The highest BCUT2D eigenvalue weighted by atomic mass is 16.5. The molecule has 3 atom stereocenters. The zero-order valence-corrected chi connectivity index (χ0v) is 11.9. The third-order valence-corrected chi connectivity index (χ3v) is 4.81. The number of hydrogen-bond donors (Lipinski definition) is 1. The maximum Gasteiger partial charge on any atom is 0.331 e. The van der Waals surface area contributed by atoms with Crippen LogP contribution < -0.4 is 5.73 Å². The number of likely N-dealkylation sites (tertiary alicyclic amines) is 1. The first kappa shape index (κ1) is 13.6. The largest absolute Gasteiger partial charge is 0.467 e. The van der Waals surface area contributed by atoms with E-state index in [9.17, 15) is 4.79 Å². The molecule has 1 aliphatic heterocycles. The molecule has 1 aromatic carbocycles. The Morgan fingerprint density at radius 2 is 2.15 bits per heavy atom. The topological polar surface area (TPSA) is 55.6 Å². The van der Waals surface area contributed by atoms with Gasteiger partial charge in [-0.3, -0.25) is 4.90 Å². The molecule has 2 bridgehead atoms. The molecule has 1 saturated carbocycles. The number of hydrogen-bond acceptors (Lipinski definition) is 4. The highest BCUT2D eigenvalue weighted by Crippen LogP contribution is 2.38. The molecule has 108 valence electrons. The molecular weight excluding hydrogens is 252 g/mol. The van der Waals surface area contributed by atoms with Gasteiger partial charge in [0.2, 0.25) is 0 Å². The second-order valence-corrected chi connectivity index (χ2v) is 6.09. The Bertz CT molecular complexity index is 491. The maximum absolute atomic E-state index is 12.3. The number of esters is 1. The van der Waals surface area contributed by atoms with E-state index in [1.54, 1.807) is 0 Å². The SMILES string of the molecule is COC(=O)C(N)(CN1CC2CCC1C2)c1ccccc1. The summed E-state index contributed by atoms with van der Waals surface area (Å²) >= 11 is 0. The van der Waals surface area contributed by atoms with Gasteiger partial charge in [-0.1, -0.05) is 30.3 Å². The molecule has 3 rings (SSSR count). The second-order valence-electron chi connectivity index (χ2n) is 6.09. The summed E-state index contributed by atoms with van der Waals surface area (Å²) in [5.74, 6) is 0.434. The van der Waals surface area contributed by atoms with Gasteiger partial charge < -0.3 is 10.5 Å². The lowest BCUT2D eigenvalue weighted by Gasteiger charge is -2.35. The van der Waals surface area contributed by atoms with Crippen LogP contribution in [0.25, 0.3) is 0 Å². The van der Waals surface area contributed by atoms with E-state index in [4.69, 9.17) is 10.5 Å². The predicted molar refractivity (Wildman–Crippen MR) is 77.0 cm³/mol. The number of rotatable bonds is 4. The van der Waals surface area contributed by atoms with Crippen molar-refractivity contribution in [3.8, 4) is 0 Å². The van der Waals surface area contributed by atoms with Crippen molar-refractivity contribution in [1.82, 2.24) is 4.90 Å². The lowest BCUT2D eigenvalue weighted by Crippen LogP contribution is -2.55. The zero-order chi connectivity index (χ0) is 14.2. The van der Waals surface area contributed by atoms with Crippen LogP contribution in [0.3, 0.4) is 0 Å². The van der Waals surface area contributed by atoms with Crippen LogP contribution in [-0.2, 0) is 15.1 Å². The van der Waals surface area contributed by atoms with Crippen LogP contribution in [0.15, 0.2) is 30.3 Å². The Morgan fingerprint density at radius 3 is 2.70 bits per heavy atom. The van der Waals surface area contributed by atoms with E-state index in [1.807, 2.05) is 30.3 Å². The molecule has 2 fully saturated rings. The van der Waals surface area contributed by atoms with Crippen molar-refractivity contribution < 1.29 is 9.53 Å². The normalized spacial score (nSPS) is 28.3. The van der Waals surface area contributed by atoms with Gasteiger partial charge in [0.05, 0.1) is 7.11 Å². The van der Waals surface area contributed by atoms with Crippen LogP contribution in [0.1, 0.15) is 24.8 Å². The van der Waals surface area contributed by atoms with Gasteiger partial charge in [0.1, 0.15) is 0 Å². The molecular formula is C16H22N2O2. The number of nitrogens with zero attached hydrogens (tertiary/aromatic N) is 1. The first-order valence-corrected chi connectivity index (χ1v) is 7.30. The van der Waals surface area contributed by atoms with Crippen molar-refractivity contribution in [2.45, 2.75) is 30.8 Å². The molecule has 1 aliphatic carbocycles. The smallest absolute Gasteiger partial charge is 0.331 e. The molecule has 1 aromatic rings. The number of piperidine rings is 1. The minimum Gasteiger partial charge on any atom is -0.467 e. The first-order chi connectivity index (χ1) is 9.63. The van der Waals surface area contributed by atoms with Gasteiger partial charge in [-0.15, -0.1) is 0 Å². The van der Waals surface area contributed by atoms with E-state index >= 15 is 0 Å². The zero-order valence-electron chi connectivity index (χ0n) is 11.9. The molecule has 3 unspecified atom stereocenters. The van der Waals surface area contributed by atoms with Gasteiger partial charge in [0, 0.05) is 19.1 Å². The number of fused-ring (bicyclic) bond motifs is 2. The summed E-state index contributed by atoms with van der Waals surface area (Å²) in [4.78, 5) is 14.6. The molecule has 4 nitrogen and oxygen atoms in total. The monoisotopic (exact) mass is 274 g/mol. The molecule has 0 spiro atoms. The lowest BCUT2D eigenvalue weighted by atomic mass is 9.89. The van der Waals surface area contributed by atoms with Gasteiger partial charge in [0.25, 0.3) is 0 Å². The third-order valence-electron chi connectivity index (χ3n) is 4.81. The molecule has 2 aliphatic rings. The number of nitrogens with two attached hydrogens (primary N) is 1.